The molecule has 0 amide bonds. The van der Waals surface area contributed by atoms with Gasteiger partial charge in [-0.1, -0.05) is 29.3 Å². The Hall–Kier alpha value is -2.12. The van der Waals surface area contributed by atoms with Crippen molar-refractivity contribution in [3.63, 3.8) is 0 Å². The molecule has 0 spiro atoms. The quantitative estimate of drug-likeness (QED) is 0.445. The molecule has 30 heavy (non-hydrogen) atoms. The van der Waals surface area contributed by atoms with Crippen LogP contribution in [0, 0.1) is 5.92 Å². The molecule has 1 aromatic heterocycles. The van der Waals surface area contributed by atoms with Gasteiger partial charge in [0.2, 0.25) is 0 Å². The van der Waals surface area contributed by atoms with E-state index in [2.05, 4.69) is 4.74 Å². The highest BCUT2D eigenvalue weighted by Gasteiger charge is 2.22. The molecule has 1 heterocycles. The summed E-state index contributed by atoms with van der Waals surface area (Å²) in [6.45, 7) is -0.102. The van der Waals surface area contributed by atoms with E-state index in [-0.39, 0.29) is 18.6 Å². The Kier molecular flexibility index (Phi) is 7.72. The molecule has 0 radical (unpaired) electrons. The van der Waals surface area contributed by atoms with Crippen LogP contribution in [0.5, 0.6) is 5.75 Å². The molecule has 0 aliphatic heterocycles. The summed E-state index contributed by atoms with van der Waals surface area (Å²) in [6, 6.07) is 10.9. The lowest BCUT2D eigenvalue weighted by Gasteiger charge is -2.10. The topological polar surface area (TPSA) is 72.8 Å². The van der Waals surface area contributed by atoms with Crippen molar-refractivity contribution in [2.75, 3.05) is 13.7 Å². The third-order valence-electron chi connectivity index (χ3n) is 4.65. The summed E-state index contributed by atoms with van der Waals surface area (Å²) >= 11 is 13.6. The molecule has 0 bridgehead atoms. The number of carbonyl (C=O) groups excluding carboxylic acids is 2. The number of benzene rings is 2. The van der Waals surface area contributed by atoms with Crippen molar-refractivity contribution in [2.45, 2.75) is 19.4 Å². The predicted molar refractivity (Wildman–Crippen MR) is 119 cm³/mol. The van der Waals surface area contributed by atoms with Crippen molar-refractivity contribution in [3.05, 3.63) is 63.0 Å². The summed E-state index contributed by atoms with van der Waals surface area (Å²) in [6.07, 6.45) is 0.137. The average Bonchev–Trinajstić information content (AvgIpc) is 3.12. The highest BCUT2D eigenvalue weighted by atomic mass is 35.5. The molecule has 158 valence electrons. The van der Waals surface area contributed by atoms with E-state index < -0.39 is 18.5 Å². The largest absolute Gasteiger partial charge is 0.489 e. The zero-order valence-electron chi connectivity index (χ0n) is 16.2. The van der Waals surface area contributed by atoms with Crippen LogP contribution in [0.2, 0.25) is 10.0 Å². The zero-order chi connectivity index (χ0) is 21.7. The van der Waals surface area contributed by atoms with Crippen LogP contribution < -0.4 is 4.74 Å². The van der Waals surface area contributed by atoms with E-state index in [0.717, 1.165) is 21.2 Å². The summed E-state index contributed by atoms with van der Waals surface area (Å²) in [5.41, 5.74) is 1.72. The van der Waals surface area contributed by atoms with Gasteiger partial charge in [-0.3, -0.25) is 9.59 Å². The first kappa shape index (κ1) is 22.6. The van der Waals surface area contributed by atoms with E-state index >= 15 is 0 Å². The van der Waals surface area contributed by atoms with Crippen LogP contribution in [-0.2, 0) is 27.4 Å². The lowest BCUT2D eigenvalue weighted by Crippen LogP contribution is -2.23. The number of ketones is 1. The number of aliphatic hydroxyl groups is 1. The molecule has 0 saturated heterocycles. The number of hydrogen-bond acceptors (Lipinski definition) is 6. The maximum absolute atomic E-state index is 12.4. The first-order valence-electron chi connectivity index (χ1n) is 9.18. The van der Waals surface area contributed by atoms with Crippen molar-refractivity contribution in [1.29, 1.82) is 0 Å². The summed E-state index contributed by atoms with van der Waals surface area (Å²) in [4.78, 5) is 23.9. The van der Waals surface area contributed by atoms with E-state index in [0.29, 0.717) is 22.4 Å². The minimum atomic E-state index is -0.827. The fourth-order valence-corrected chi connectivity index (χ4v) is 4.49. The minimum absolute atomic E-state index is 0.0520. The number of carbonyl (C=O) groups is 2. The first-order chi connectivity index (χ1) is 14.4. The van der Waals surface area contributed by atoms with Crippen molar-refractivity contribution in [3.8, 4) is 5.75 Å². The van der Waals surface area contributed by atoms with Crippen LogP contribution in [-0.4, -0.2) is 30.6 Å². The lowest BCUT2D eigenvalue weighted by atomic mass is 9.99. The zero-order valence-corrected chi connectivity index (χ0v) is 18.5. The molecule has 0 fully saturated rings. The van der Waals surface area contributed by atoms with Gasteiger partial charge in [-0.05, 0) is 46.7 Å². The van der Waals surface area contributed by atoms with Gasteiger partial charge < -0.3 is 14.6 Å². The number of aliphatic hydroxyl groups excluding tert-OH is 1. The van der Waals surface area contributed by atoms with Crippen LogP contribution in [0.25, 0.3) is 10.1 Å². The molecule has 1 unspecified atom stereocenters. The molecule has 0 saturated carbocycles. The molecule has 0 aliphatic carbocycles. The fraction of sp³-hybridized carbons (Fsp3) is 0.273. The molecule has 8 heteroatoms. The van der Waals surface area contributed by atoms with Crippen LogP contribution in [0.4, 0.5) is 0 Å². The van der Waals surface area contributed by atoms with Crippen LogP contribution in [0.3, 0.4) is 0 Å². The number of rotatable bonds is 9. The van der Waals surface area contributed by atoms with Gasteiger partial charge in [-0.25, -0.2) is 0 Å². The number of halogens is 2. The number of esters is 1. The molecule has 5 nitrogen and oxygen atoms in total. The van der Waals surface area contributed by atoms with E-state index in [9.17, 15) is 14.7 Å². The Bertz CT molecular complexity index is 1060. The Labute approximate surface area is 188 Å². The maximum Gasteiger partial charge on any atom is 0.311 e. The SMILES string of the molecule is COC(=O)C(CO)CC(=O)Cc1csc2cc(OCc3ccc(Cl)cc3Cl)ccc12. The standard InChI is InChI=1S/C22H20Cl2O5S/c1-28-22(27)14(10-25)6-17(26)7-15-12-30-21-9-18(4-5-19(15)21)29-11-13-2-3-16(23)8-20(13)24/h2-5,8-9,12,14,25H,6-7,10-11H2,1H3. The van der Waals surface area contributed by atoms with Crippen molar-refractivity contribution in [2.24, 2.45) is 5.92 Å². The van der Waals surface area contributed by atoms with Crippen LogP contribution in [0.1, 0.15) is 17.5 Å². The monoisotopic (exact) mass is 466 g/mol. The molecule has 3 aromatic rings. The minimum Gasteiger partial charge on any atom is -0.489 e. The molecule has 3 rings (SSSR count). The second-order valence-electron chi connectivity index (χ2n) is 6.77. The van der Waals surface area contributed by atoms with Gasteiger partial charge in [-0.2, -0.15) is 0 Å². The lowest BCUT2D eigenvalue weighted by molar-refractivity contribution is -0.148. The summed E-state index contributed by atoms with van der Waals surface area (Å²) in [7, 11) is 1.24. The van der Waals surface area contributed by atoms with E-state index in [1.807, 2.05) is 29.6 Å². The fourth-order valence-electron chi connectivity index (χ4n) is 3.04. The molecule has 1 atom stereocenters. The average molecular weight is 467 g/mol. The molecular weight excluding hydrogens is 447 g/mol. The molecular formula is C22H20Cl2O5S. The number of thiophene rings is 1. The summed E-state index contributed by atoms with van der Waals surface area (Å²) in [5, 5.41) is 13.3. The van der Waals surface area contributed by atoms with E-state index in [1.54, 1.807) is 12.1 Å². The van der Waals surface area contributed by atoms with Gasteiger partial charge in [0.05, 0.1) is 19.6 Å². The van der Waals surface area contributed by atoms with Gasteiger partial charge in [0.15, 0.2) is 0 Å². The highest BCUT2D eigenvalue weighted by Crippen LogP contribution is 2.31. The van der Waals surface area contributed by atoms with E-state index in [1.165, 1.54) is 18.4 Å². The molecule has 0 aliphatic rings. The first-order valence-corrected chi connectivity index (χ1v) is 10.8. The third kappa shape index (κ3) is 5.52. The van der Waals surface area contributed by atoms with Crippen LogP contribution >= 0.6 is 34.5 Å². The number of Topliss-reactive ketones (excluding diaryl/α,β-unsaturated/α-hetero) is 1. The maximum atomic E-state index is 12.4. The highest BCUT2D eigenvalue weighted by molar-refractivity contribution is 7.17. The van der Waals surface area contributed by atoms with Gasteiger partial charge in [0, 0.05) is 33.2 Å². The normalized spacial score (nSPS) is 12.0. The number of ether oxygens (including phenoxy) is 2. The Morgan fingerprint density at radius 1 is 1.13 bits per heavy atom. The van der Waals surface area contributed by atoms with E-state index in [4.69, 9.17) is 27.9 Å². The molecule has 1 N–H and O–H groups in total. The number of methoxy groups -OCH3 is 1. The number of hydrogen-bond donors (Lipinski definition) is 1. The Morgan fingerprint density at radius 2 is 1.93 bits per heavy atom. The number of fused-ring (bicyclic) bond motifs is 1. The predicted octanol–water partition coefficient (Wildman–Crippen LogP) is 5.07. The van der Waals surface area contributed by atoms with Crippen LogP contribution in [0.15, 0.2) is 41.8 Å². The van der Waals surface area contributed by atoms with Gasteiger partial charge in [-0.15, -0.1) is 11.3 Å². The van der Waals surface area contributed by atoms with Gasteiger partial charge in [0.25, 0.3) is 0 Å². The third-order valence-corrected chi connectivity index (χ3v) is 6.23. The molecule has 2 aromatic carbocycles. The Morgan fingerprint density at radius 3 is 2.63 bits per heavy atom. The van der Waals surface area contributed by atoms with Crippen molar-refractivity contribution < 1.29 is 24.2 Å². The van der Waals surface area contributed by atoms with Gasteiger partial charge >= 0.3 is 5.97 Å². The summed E-state index contributed by atoms with van der Waals surface area (Å²) < 4.78 is 11.5. The van der Waals surface area contributed by atoms with Gasteiger partial charge in [0.1, 0.15) is 18.1 Å². The Balaban J connectivity index is 1.66. The second kappa shape index (κ2) is 10.3. The summed E-state index contributed by atoms with van der Waals surface area (Å²) in [5.74, 6) is -0.841. The second-order valence-corrected chi connectivity index (χ2v) is 8.52. The smallest absolute Gasteiger partial charge is 0.311 e. The van der Waals surface area contributed by atoms with Crippen molar-refractivity contribution >= 4 is 56.4 Å². The van der Waals surface area contributed by atoms with Crippen molar-refractivity contribution in [1.82, 2.24) is 0 Å².